The molecule has 3 N–H and O–H groups in total. The molecule has 2 aromatic rings. The maximum Gasteiger partial charge on any atom is 0.410 e. The smallest absolute Gasteiger partial charge is 0.410 e. The van der Waals surface area contributed by atoms with Crippen molar-refractivity contribution in [3.8, 4) is 0 Å². The maximum absolute atomic E-state index is 14.5. The first-order valence-corrected chi connectivity index (χ1v) is 19.6. The van der Waals surface area contributed by atoms with E-state index in [9.17, 15) is 36.4 Å². The molecular weight excluding hydrogens is 709 g/mol. The summed E-state index contributed by atoms with van der Waals surface area (Å²) in [6.45, 7) is 7.47. The van der Waals surface area contributed by atoms with E-state index in [0.29, 0.717) is 42.5 Å². The minimum Gasteiger partial charge on any atom is -0.444 e. The Kier molecular flexibility index (Phi) is 11.2. The van der Waals surface area contributed by atoms with Gasteiger partial charge in [0.05, 0.1) is 18.3 Å². The summed E-state index contributed by atoms with van der Waals surface area (Å²) in [6.07, 6.45) is 5.96. The Bertz CT molecular complexity index is 1870. The van der Waals surface area contributed by atoms with Crippen LogP contribution in [0.4, 0.5) is 19.3 Å². The molecule has 2 aliphatic heterocycles. The Labute approximate surface area is 308 Å². The number of allylic oxidation sites excluding steroid dienone is 1. The van der Waals surface area contributed by atoms with Crippen LogP contribution in [-0.2, 0) is 42.2 Å². The number of carbonyl (C=O) groups excluding carboxylic acids is 4. The Hall–Kier alpha value is -4.79. The molecule has 2 aliphatic carbocycles. The Balaban J connectivity index is 1.23. The van der Waals surface area contributed by atoms with Crippen LogP contribution < -0.4 is 15.4 Å². The van der Waals surface area contributed by atoms with Gasteiger partial charge in [0, 0.05) is 30.1 Å². The number of nitrogens with zero attached hydrogens (tertiary/aromatic N) is 2. The van der Waals surface area contributed by atoms with Crippen LogP contribution in [0.1, 0.15) is 68.9 Å². The number of hydrogen-bond donors (Lipinski definition) is 3. The number of anilines is 1. The molecule has 1 saturated heterocycles. The third-order valence-electron chi connectivity index (χ3n) is 10.4. The van der Waals surface area contributed by atoms with E-state index in [1.54, 1.807) is 12.1 Å². The average molecular weight is 754 g/mol. The van der Waals surface area contributed by atoms with Crippen molar-refractivity contribution >= 4 is 39.5 Å². The highest BCUT2D eigenvalue weighted by molar-refractivity contribution is 7.91. The van der Waals surface area contributed by atoms with E-state index < -0.39 is 80.4 Å². The lowest BCUT2D eigenvalue weighted by Crippen LogP contribution is -2.57. The number of benzene rings is 2. The fraction of sp³-hybridized carbons (Fsp3) is 0.474. The van der Waals surface area contributed by atoms with E-state index >= 15 is 0 Å². The van der Waals surface area contributed by atoms with Gasteiger partial charge in [-0.2, -0.15) is 0 Å². The summed E-state index contributed by atoms with van der Waals surface area (Å²) in [6, 6.07) is 8.08. The van der Waals surface area contributed by atoms with Gasteiger partial charge in [0.15, 0.2) is 0 Å². The Morgan fingerprint density at radius 3 is 2.43 bits per heavy atom. The van der Waals surface area contributed by atoms with Gasteiger partial charge in [-0.3, -0.25) is 24.0 Å². The van der Waals surface area contributed by atoms with Gasteiger partial charge in [0.25, 0.3) is 5.91 Å². The Morgan fingerprint density at radius 1 is 1.02 bits per heavy atom. The summed E-state index contributed by atoms with van der Waals surface area (Å²) in [5.74, 6) is -3.51. The number of amides is 4. The zero-order valence-electron chi connectivity index (χ0n) is 29.4. The zero-order valence-corrected chi connectivity index (χ0v) is 30.2. The number of hydrogen-bond acceptors (Lipinski definition) is 8. The van der Waals surface area contributed by atoms with Crippen molar-refractivity contribution in [3.05, 3.63) is 90.5 Å². The van der Waals surface area contributed by atoms with Gasteiger partial charge in [-0.05, 0) is 74.4 Å². The molecule has 4 aliphatic rings. The second-order valence-corrected chi connectivity index (χ2v) is 16.3. The van der Waals surface area contributed by atoms with Crippen molar-refractivity contribution in [1.82, 2.24) is 19.8 Å². The fourth-order valence-corrected chi connectivity index (χ4v) is 8.50. The molecule has 4 amide bonds. The predicted octanol–water partition coefficient (Wildman–Crippen LogP) is 4.67. The molecule has 1 unspecified atom stereocenters. The number of unbranched alkanes of at least 4 members (excludes halogenated alkanes) is 3. The molecule has 0 radical (unpaired) electrons. The first-order chi connectivity index (χ1) is 25.3. The molecule has 12 nitrogen and oxygen atoms in total. The van der Waals surface area contributed by atoms with E-state index in [-0.39, 0.29) is 32.5 Å². The molecule has 284 valence electrons. The second-order valence-electron chi connectivity index (χ2n) is 14.3. The third kappa shape index (κ3) is 8.55. The molecule has 15 heteroatoms. The quantitative estimate of drug-likeness (QED) is 0.165. The van der Waals surface area contributed by atoms with Crippen LogP contribution in [0, 0.1) is 17.6 Å². The van der Waals surface area contributed by atoms with Gasteiger partial charge >= 0.3 is 6.09 Å². The molecule has 53 heavy (non-hydrogen) atoms. The van der Waals surface area contributed by atoms with E-state index in [1.807, 2.05) is 6.08 Å². The lowest BCUT2D eigenvalue weighted by Gasteiger charge is -2.30. The highest BCUT2D eigenvalue weighted by Gasteiger charge is 2.62. The van der Waals surface area contributed by atoms with E-state index in [1.165, 1.54) is 46.2 Å². The van der Waals surface area contributed by atoms with Crippen LogP contribution in [0.3, 0.4) is 0 Å². The normalized spacial score (nSPS) is 23.8. The number of sulfonamides is 1. The lowest BCUT2D eigenvalue weighted by molar-refractivity contribution is -0.140. The highest BCUT2D eigenvalue weighted by atomic mass is 32.2. The average Bonchev–Trinajstić information content (AvgIpc) is 4.02. The summed E-state index contributed by atoms with van der Waals surface area (Å²) in [5, 5.41) is 5.26. The molecule has 5 atom stereocenters. The van der Waals surface area contributed by atoms with E-state index in [2.05, 4.69) is 28.5 Å². The minimum absolute atomic E-state index is 0.0000243. The van der Waals surface area contributed by atoms with Crippen molar-refractivity contribution in [1.29, 1.82) is 0 Å². The van der Waals surface area contributed by atoms with Gasteiger partial charge in [0.1, 0.15) is 35.4 Å². The molecular formula is C38H45F2N5O7S. The molecule has 6 rings (SSSR count). The number of ether oxygens (including phenoxy) is 1. The molecule has 2 heterocycles. The number of halogens is 2. The molecule has 3 fully saturated rings. The van der Waals surface area contributed by atoms with Crippen LogP contribution >= 0.6 is 0 Å². The number of carbonyl (C=O) groups is 4. The SMILES string of the molecule is C=CCCCCC[C@H](Nc1ccc(F)cc1)C(=O)N1C[C@H](OC(=O)N2Cc3cccc(F)c3C2)CC1C(=O)N[C@]1(C(=O)NS(=O)(=O)C2CC2)C[C@H]1C=C. The number of likely N-dealkylation sites (tertiary alicyclic amines) is 1. The van der Waals surface area contributed by atoms with Gasteiger partial charge in [0.2, 0.25) is 21.8 Å². The highest BCUT2D eigenvalue weighted by Crippen LogP contribution is 2.45. The van der Waals surface area contributed by atoms with Crippen molar-refractivity contribution in [3.63, 3.8) is 0 Å². The van der Waals surface area contributed by atoms with Crippen molar-refractivity contribution < 1.29 is 41.1 Å². The first-order valence-electron chi connectivity index (χ1n) is 18.0. The number of nitrogens with one attached hydrogen (secondary N) is 3. The van der Waals surface area contributed by atoms with Crippen molar-refractivity contribution in [2.75, 3.05) is 11.9 Å². The number of rotatable bonds is 16. The monoisotopic (exact) mass is 753 g/mol. The second kappa shape index (κ2) is 15.7. The van der Waals surface area contributed by atoms with Crippen molar-refractivity contribution in [2.24, 2.45) is 5.92 Å². The van der Waals surface area contributed by atoms with E-state index in [4.69, 9.17) is 4.74 Å². The Morgan fingerprint density at radius 2 is 1.77 bits per heavy atom. The molecule has 0 bridgehead atoms. The van der Waals surface area contributed by atoms with Crippen molar-refractivity contribution in [2.45, 2.75) is 99.9 Å². The lowest BCUT2D eigenvalue weighted by atomic mass is 10.0. The largest absolute Gasteiger partial charge is 0.444 e. The molecule has 2 aromatic carbocycles. The molecule has 0 spiro atoms. The summed E-state index contributed by atoms with van der Waals surface area (Å²) >= 11 is 0. The first kappa shape index (κ1) is 38.0. The van der Waals surface area contributed by atoms with Crippen LogP contribution in [0.2, 0.25) is 0 Å². The van der Waals surface area contributed by atoms with Crippen LogP contribution in [-0.4, -0.2) is 77.6 Å². The van der Waals surface area contributed by atoms with Crippen LogP contribution in [0.15, 0.2) is 67.8 Å². The van der Waals surface area contributed by atoms with Crippen LogP contribution in [0.5, 0.6) is 0 Å². The summed E-state index contributed by atoms with van der Waals surface area (Å²) in [7, 11) is -3.92. The van der Waals surface area contributed by atoms with Gasteiger partial charge < -0.3 is 20.3 Å². The fourth-order valence-electron chi connectivity index (χ4n) is 7.14. The topological polar surface area (TPSA) is 154 Å². The summed E-state index contributed by atoms with van der Waals surface area (Å²) < 4.78 is 61.5. The maximum atomic E-state index is 14.5. The summed E-state index contributed by atoms with van der Waals surface area (Å²) in [5.41, 5.74) is -0.0638. The summed E-state index contributed by atoms with van der Waals surface area (Å²) in [4.78, 5) is 58.1. The van der Waals surface area contributed by atoms with Gasteiger partial charge in [-0.25, -0.2) is 22.0 Å². The van der Waals surface area contributed by atoms with Crippen LogP contribution in [0.25, 0.3) is 0 Å². The number of fused-ring (bicyclic) bond motifs is 1. The van der Waals surface area contributed by atoms with Gasteiger partial charge in [-0.1, -0.05) is 37.1 Å². The standard InChI is InChI=1S/C38H45F2N5O7S/c1-3-5-6-7-8-12-32(41-27-15-13-26(39)14-16-27)35(47)45-22-28(52-37(49)44-21-24-10-9-11-31(40)30(24)23-44)19-33(45)34(46)42-38(20-25(38)4-2)36(48)43-53(50,51)29-17-18-29/h3-4,9-11,13-16,25,28-29,32-33,41H,1-2,5-8,12,17-23H2,(H,42,46)(H,43,48)/t25-,28-,32+,33?,38-/m1/s1. The van der Waals surface area contributed by atoms with E-state index in [0.717, 1.165) is 19.3 Å². The van der Waals surface area contributed by atoms with Gasteiger partial charge in [-0.15, -0.1) is 13.2 Å². The molecule has 0 aromatic heterocycles. The molecule has 2 saturated carbocycles. The minimum atomic E-state index is -3.92. The third-order valence-corrected chi connectivity index (χ3v) is 12.3. The predicted molar refractivity (Wildman–Crippen MR) is 192 cm³/mol. The zero-order chi connectivity index (χ0) is 37.9.